The van der Waals surface area contributed by atoms with Crippen LogP contribution < -0.4 is 4.72 Å². The quantitative estimate of drug-likeness (QED) is 0.835. The van der Waals surface area contributed by atoms with Crippen LogP contribution in [0.2, 0.25) is 0 Å². The lowest BCUT2D eigenvalue weighted by atomic mass is 9.93. The van der Waals surface area contributed by atoms with Crippen molar-refractivity contribution in [1.82, 2.24) is 4.72 Å². The summed E-state index contributed by atoms with van der Waals surface area (Å²) in [5, 5.41) is 0. The van der Waals surface area contributed by atoms with Gasteiger partial charge in [-0.1, -0.05) is 26.8 Å². The summed E-state index contributed by atoms with van der Waals surface area (Å²) >= 11 is 0. The highest BCUT2D eigenvalue weighted by Crippen LogP contribution is 2.20. The third kappa shape index (κ3) is 5.40. The van der Waals surface area contributed by atoms with E-state index in [2.05, 4.69) is 4.72 Å². The Hall–Kier alpha value is -0.630. The topological polar surface area (TPSA) is 80.3 Å². The Morgan fingerprint density at radius 2 is 1.65 bits per heavy atom. The largest absolute Gasteiger partial charge is 0.261 e. The predicted molar refractivity (Wildman–Crippen MR) is 78.7 cm³/mol. The lowest BCUT2D eigenvalue weighted by molar-refractivity contribution is 0.378. The zero-order chi connectivity index (χ0) is 15.6. The monoisotopic (exact) mass is 339 g/mol. The second-order valence-corrected chi connectivity index (χ2v) is 9.95. The van der Waals surface area contributed by atoms with Gasteiger partial charge in [0, 0.05) is 17.2 Å². The van der Waals surface area contributed by atoms with E-state index in [-0.39, 0.29) is 21.8 Å². The molecule has 20 heavy (non-hydrogen) atoms. The van der Waals surface area contributed by atoms with Crippen molar-refractivity contribution >= 4 is 29.8 Å². The fraction of sp³-hybridized carbons (Fsp3) is 0.500. The summed E-state index contributed by atoms with van der Waals surface area (Å²) in [6.07, 6.45) is 0.666. The maximum absolute atomic E-state index is 12.0. The van der Waals surface area contributed by atoms with Crippen LogP contribution in [0.1, 0.15) is 27.2 Å². The first-order valence-electron chi connectivity index (χ1n) is 5.96. The standard InChI is InChI=1S/C12H18ClNO4S2/c1-12(2,3)7-8-14-20(17,18)11-6-4-5-10(9-11)19(13,15)16/h4-6,9,14H,7-8H2,1-3H3. The van der Waals surface area contributed by atoms with Crippen LogP contribution in [-0.2, 0) is 19.1 Å². The van der Waals surface area contributed by atoms with Crippen LogP contribution >= 0.6 is 10.7 Å². The van der Waals surface area contributed by atoms with Crippen molar-refractivity contribution in [3.8, 4) is 0 Å². The van der Waals surface area contributed by atoms with Gasteiger partial charge in [-0.3, -0.25) is 0 Å². The molecule has 0 saturated heterocycles. The lowest BCUT2D eigenvalue weighted by Gasteiger charge is -2.18. The molecule has 1 rings (SSSR count). The van der Waals surface area contributed by atoms with Gasteiger partial charge in [-0.15, -0.1) is 0 Å². The van der Waals surface area contributed by atoms with Gasteiger partial charge in [0.05, 0.1) is 9.79 Å². The van der Waals surface area contributed by atoms with Gasteiger partial charge in [0.15, 0.2) is 0 Å². The van der Waals surface area contributed by atoms with Gasteiger partial charge >= 0.3 is 0 Å². The maximum Gasteiger partial charge on any atom is 0.261 e. The number of benzene rings is 1. The summed E-state index contributed by atoms with van der Waals surface area (Å²) in [4.78, 5) is -0.356. The van der Waals surface area contributed by atoms with Crippen LogP contribution in [0.15, 0.2) is 34.1 Å². The highest BCUT2D eigenvalue weighted by atomic mass is 35.7. The van der Waals surface area contributed by atoms with Crippen molar-refractivity contribution in [3.05, 3.63) is 24.3 Å². The molecular formula is C12H18ClNO4S2. The number of hydrogen-bond donors (Lipinski definition) is 1. The molecular weight excluding hydrogens is 322 g/mol. The van der Waals surface area contributed by atoms with Gasteiger partial charge in [0.2, 0.25) is 10.0 Å². The molecule has 5 nitrogen and oxygen atoms in total. The first kappa shape index (κ1) is 17.4. The Balaban J connectivity index is 2.94. The number of halogens is 1. The molecule has 0 aliphatic carbocycles. The fourth-order valence-corrected chi connectivity index (χ4v) is 3.39. The van der Waals surface area contributed by atoms with Gasteiger partial charge in [-0.25, -0.2) is 21.6 Å². The molecule has 1 aromatic rings. The van der Waals surface area contributed by atoms with Crippen LogP contribution in [0.3, 0.4) is 0 Å². The highest BCUT2D eigenvalue weighted by molar-refractivity contribution is 8.13. The van der Waals surface area contributed by atoms with E-state index in [1.54, 1.807) is 0 Å². The molecule has 8 heteroatoms. The van der Waals surface area contributed by atoms with Crippen LogP contribution in [-0.4, -0.2) is 23.4 Å². The van der Waals surface area contributed by atoms with Gasteiger partial charge in [-0.05, 0) is 30.0 Å². The summed E-state index contributed by atoms with van der Waals surface area (Å²) in [7, 11) is -2.49. The van der Waals surface area contributed by atoms with Crippen LogP contribution in [0.25, 0.3) is 0 Å². The third-order valence-corrected chi connectivity index (χ3v) is 5.37. The van der Waals surface area contributed by atoms with E-state index in [0.29, 0.717) is 6.42 Å². The minimum absolute atomic E-state index is 0.00382. The summed E-state index contributed by atoms with van der Waals surface area (Å²) in [5.74, 6) is 0. The zero-order valence-electron chi connectivity index (χ0n) is 11.6. The van der Waals surface area contributed by atoms with Crippen molar-refractivity contribution in [1.29, 1.82) is 0 Å². The predicted octanol–water partition coefficient (Wildman–Crippen LogP) is 2.33. The van der Waals surface area contributed by atoms with Crippen molar-refractivity contribution < 1.29 is 16.8 Å². The molecule has 0 saturated carbocycles. The molecule has 1 N–H and O–H groups in total. The summed E-state index contributed by atoms with van der Waals surface area (Å²) < 4.78 is 49.0. The molecule has 0 amide bonds. The first-order chi connectivity index (χ1) is 8.92. The van der Waals surface area contributed by atoms with E-state index in [0.717, 1.165) is 6.07 Å². The van der Waals surface area contributed by atoms with E-state index < -0.39 is 19.1 Å². The molecule has 0 aromatic heterocycles. The van der Waals surface area contributed by atoms with Crippen molar-refractivity contribution in [3.63, 3.8) is 0 Å². The molecule has 0 atom stereocenters. The number of nitrogens with one attached hydrogen (secondary N) is 1. The first-order valence-corrected chi connectivity index (χ1v) is 9.75. The molecule has 0 heterocycles. The smallest absolute Gasteiger partial charge is 0.211 e. The number of sulfonamides is 1. The molecule has 0 bridgehead atoms. The van der Waals surface area contributed by atoms with E-state index in [1.165, 1.54) is 18.2 Å². The van der Waals surface area contributed by atoms with Gasteiger partial charge in [-0.2, -0.15) is 0 Å². The SMILES string of the molecule is CC(C)(C)CCNS(=O)(=O)c1cccc(S(=O)(=O)Cl)c1. The number of hydrogen-bond acceptors (Lipinski definition) is 4. The third-order valence-electron chi connectivity index (χ3n) is 2.56. The Kier molecular flexibility index (Phi) is 5.23. The van der Waals surface area contributed by atoms with Crippen molar-refractivity contribution in [2.24, 2.45) is 5.41 Å². The van der Waals surface area contributed by atoms with Gasteiger partial charge < -0.3 is 0 Å². The van der Waals surface area contributed by atoms with Crippen molar-refractivity contribution in [2.45, 2.75) is 37.0 Å². The zero-order valence-corrected chi connectivity index (χ0v) is 13.9. The molecule has 1 aromatic carbocycles. The molecule has 0 aliphatic rings. The van der Waals surface area contributed by atoms with E-state index in [4.69, 9.17) is 10.7 Å². The number of rotatable bonds is 5. The Bertz CT molecular complexity index is 676. The van der Waals surface area contributed by atoms with Crippen molar-refractivity contribution in [2.75, 3.05) is 6.54 Å². The molecule has 0 fully saturated rings. The van der Waals surface area contributed by atoms with E-state index >= 15 is 0 Å². The van der Waals surface area contributed by atoms with Gasteiger partial charge in [0.1, 0.15) is 0 Å². The molecule has 0 aliphatic heterocycles. The van der Waals surface area contributed by atoms with Gasteiger partial charge in [0.25, 0.3) is 9.05 Å². The van der Waals surface area contributed by atoms with E-state index in [1.807, 2.05) is 20.8 Å². The second kappa shape index (κ2) is 6.01. The normalized spacial score (nSPS) is 13.4. The average Bonchev–Trinajstić information content (AvgIpc) is 2.26. The Morgan fingerprint density at radius 1 is 1.10 bits per heavy atom. The lowest BCUT2D eigenvalue weighted by Crippen LogP contribution is -2.27. The summed E-state index contributed by atoms with van der Waals surface area (Å²) in [6.45, 7) is 6.29. The summed E-state index contributed by atoms with van der Waals surface area (Å²) in [6, 6.07) is 4.96. The molecule has 0 spiro atoms. The van der Waals surface area contributed by atoms with E-state index in [9.17, 15) is 16.8 Å². The second-order valence-electron chi connectivity index (χ2n) is 5.62. The molecule has 0 radical (unpaired) electrons. The summed E-state index contributed by atoms with van der Waals surface area (Å²) in [5.41, 5.74) is 0.00382. The maximum atomic E-state index is 12.0. The molecule has 114 valence electrons. The Morgan fingerprint density at radius 3 is 2.15 bits per heavy atom. The minimum Gasteiger partial charge on any atom is -0.211 e. The van der Waals surface area contributed by atoms with Crippen LogP contribution in [0, 0.1) is 5.41 Å². The van der Waals surface area contributed by atoms with Crippen LogP contribution in [0.4, 0.5) is 0 Å². The fourth-order valence-electron chi connectivity index (χ4n) is 1.44. The molecule has 0 unspecified atom stereocenters. The Labute approximate surface area is 124 Å². The minimum atomic E-state index is -3.95. The highest BCUT2D eigenvalue weighted by Gasteiger charge is 2.19. The average molecular weight is 340 g/mol. The van der Waals surface area contributed by atoms with Crippen LogP contribution in [0.5, 0.6) is 0 Å².